The molecule has 1 rings (SSSR count). The maximum atomic E-state index is 12.6. The number of imidazole rings is 1. The lowest BCUT2D eigenvalue weighted by Crippen LogP contribution is -2.50. The first kappa shape index (κ1) is 46.8. The number of carbonyl (C=O) groups is 5. The molecule has 1 aromatic rings. The number of amides is 2. The highest BCUT2D eigenvalue weighted by atomic mass is 32.2. The Bertz CT molecular complexity index is 1250. The van der Waals surface area contributed by atoms with Crippen LogP contribution in [0.4, 0.5) is 0 Å². The van der Waals surface area contributed by atoms with E-state index >= 15 is 0 Å². The molecule has 286 valence electrons. The minimum atomic E-state index is -1.28. The molecule has 1 aromatic heterocycles. The number of carboxylic acid groups (broad SMARTS) is 3. The third-order valence-corrected chi connectivity index (χ3v) is 8.32. The van der Waals surface area contributed by atoms with E-state index in [0.717, 1.165) is 36.7 Å². The van der Waals surface area contributed by atoms with E-state index in [-0.39, 0.29) is 37.9 Å². The molecular weight excluding hydrogens is 680 g/mol. The van der Waals surface area contributed by atoms with Gasteiger partial charge in [0.25, 0.3) is 0 Å². The second kappa shape index (κ2) is 30.6. The second-order valence-electron chi connectivity index (χ2n) is 11.4. The maximum absolute atomic E-state index is 12.6. The van der Waals surface area contributed by atoms with Crippen LogP contribution in [0, 0.1) is 0 Å². The number of carbonyl (C=O) groups excluding carboxylic acids is 2. The number of rotatable bonds is 27. The number of nitrogens with zero attached hydrogens (tertiary/aromatic N) is 1. The molecule has 2 amide bonds. The van der Waals surface area contributed by atoms with Gasteiger partial charge in [0.15, 0.2) is 0 Å². The van der Waals surface area contributed by atoms with Crippen molar-refractivity contribution in [2.75, 3.05) is 18.8 Å². The third-order valence-electron chi connectivity index (χ3n) is 6.94. The van der Waals surface area contributed by atoms with Crippen LogP contribution in [0.2, 0.25) is 0 Å². The van der Waals surface area contributed by atoms with Crippen LogP contribution in [0.15, 0.2) is 61.1 Å². The number of aliphatic carboxylic acids is 3. The number of thioether (sulfide) groups is 1. The number of allylic oxidation sites excluding steroid dienone is 7. The Balaban J connectivity index is 0.00000272. The van der Waals surface area contributed by atoms with Gasteiger partial charge in [0.05, 0.1) is 12.4 Å². The quantitative estimate of drug-likeness (QED) is 0.0358. The first-order chi connectivity index (χ1) is 24.4. The molecule has 11 N–H and O–H groups in total. The highest BCUT2D eigenvalue weighted by Gasteiger charge is 2.25. The summed E-state index contributed by atoms with van der Waals surface area (Å²) in [5.74, 6) is -5.01. The fourth-order valence-corrected chi connectivity index (χ4v) is 5.32. The molecule has 0 radical (unpaired) electrons. The van der Waals surface area contributed by atoms with Gasteiger partial charge in [-0.25, -0.2) is 4.98 Å². The SMILES string of the molecule is CCCCC/C=C\C\C=C/C=C/C=C/[C@@H](SCC(NC(=O)CCC(N)C(=O)O)C(=O)NCC(=O)O)[C@@H](O)CCCC(=O)O.NCCc1cnc[nH]1. The van der Waals surface area contributed by atoms with Crippen LogP contribution in [0.3, 0.4) is 0 Å². The van der Waals surface area contributed by atoms with Gasteiger partial charge in [0.1, 0.15) is 18.6 Å². The number of hydrogen-bond acceptors (Lipinski definition) is 10. The molecule has 0 bridgehead atoms. The molecule has 0 fully saturated rings. The summed E-state index contributed by atoms with van der Waals surface area (Å²) in [5.41, 5.74) is 11.8. The molecule has 0 aromatic carbocycles. The Hall–Kier alpha value is -4.25. The van der Waals surface area contributed by atoms with Gasteiger partial charge in [-0.3, -0.25) is 24.0 Å². The van der Waals surface area contributed by atoms with E-state index in [9.17, 15) is 29.1 Å². The number of nitrogens with two attached hydrogens (primary N) is 2. The minimum absolute atomic E-state index is 0.0542. The Kier molecular flexibility index (Phi) is 28.0. The maximum Gasteiger partial charge on any atom is 0.322 e. The van der Waals surface area contributed by atoms with Crippen molar-refractivity contribution in [1.82, 2.24) is 20.6 Å². The number of aliphatic hydroxyl groups excluding tert-OH is 1. The van der Waals surface area contributed by atoms with E-state index in [2.05, 4.69) is 39.7 Å². The third kappa shape index (κ3) is 27.2. The molecule has 16 heteroatoms. The summed E-state index contributed by atoms with van der Waals surface area (Å²) < 4.78 is 0. The normalized spacial score (nSPS) is 13.9. The van der Waals surface area contributed by atoms with Crippen molar-refractivity contribution in [2.45, 2.75) is 101 Å². The summed E-state index contributed by atoms with van der Waals surface area (Å²) >= 11 is 1.13. The van der Waals surface area contributed by atoms with E-state index in [4.69, 9.17) is 26.8 Å². The predicted molar refractivity (Wildman–Crippen MR) is 198 cm³/mol. The van der Waals surface area contributed by atoms with Gasteiger partial charge in [-0.15, -0.1) is 11.8 Å². The fraction of sp³-hybridized carbons (Fsp3) is 0.543. The second-order valence-corrected chi connectivity index (χ2v) is 12.6. The molecular formula is C35H56N6O9S. The standard InChI is InChI=1S/C30H47N3O9S.C5H9N3/c1-2-3-4-5-6-7-8-9-10-11-12-13-16-25(24(34)15-14-17-27(36)37)43-21-23(29(40)32-20-28(38)39)33-26(35)19-18-22(31)30(41)42;6-2-1-5-3-7-4-8-5/h6-7,9-13,16,22-25,34H,2-5,8,14-15,17-21,31H2,1H3,(H,32,40)(H,33,35)(H,36,37)(H,38,39)(H,41,42);3-4H,1-2,6H2,(H,7,8)/b7-6-,10-9-,12-11+,16-13+;/t22?,23?,24-,25+;/m0./s1. The summed E-state index contributed by atoms with van der Waals surface area (Å²) in [5, 5.41) is 41.6. The number of aromatic nitrogens is 2. The van der Waals surface area contributed by atoms with Crippen molar-refractivity contribution < 1.29 is 44.4 Å². The van der Waals surface area contributed by atoms with Crippen molar-refractivity contribution in [3.05, 3.63) is 66.8 Å². The van der Waals surface area contributed by atoms with E-state index in [1.165, 1.54) is 19.3 Å². The zero-order valence-corrected chi connectivity index (χ0v) is 30.1. The van der Waals surface area contributed by atoms with Gasteiger partial charge >= 0.3 is 17.9 Å². The molecule has 51 heavy (non-hydrogen) atoms. The van der Waals surface area contributed by atoms with Crippen molar-refractivity contribution in [3.8, 4) is 0 Å². The van der Waals surface area contributed by atoms with Crippen LogP contribution in [-0.4, -0.2) is 102 Å². The number of aromatic amines is 1. The van der Waals surface area contributed by atoms with Gasteiger partial charge in [-0.2, -0.15) is 0 Å². The summed E-state index contributed by atoms with van der Waals surface area (Å²) in [6.45, 7) is 2.18. The number of carboxylic acids is 3. The van der Waals surface area contributed by atoms with E-state index in [1.807, 2.05) is 18.2 Å². The number of unbranched alkanes of at least 4 members (excludes halogenated alkanes) is 3. The van der Waals surface area contributed by atoms with Gasteiger partial charge in [0, 0.05) is 42.2 Å². The summed E-state index contributed by atoms with van der Waals surface area (Å²) in [6, 6.07) is -2.45. The molecule has 2 unspecified atom stereocenters. The van der Waals surface area contributed by atoms with Crippen molar-refractivity contribution >= 4 is 41.5 Å². The molecule has 0 aliphatic heterocycles. The summed E-state index contributed by atoms with van der Waals surface area (Å²) in [4.78, 5) is 64.5. The lowest BCUT2D eigenvalue weighted by Gasteiger charge is -2.23. The Morgan fingerprint density at radius 1 is 0.961 bits per heavy atom. The number of H-pyrrole nitrogens is 1. The lowest BCUT2D eigenvalue weighted by atomic mass is 10.1. The topological polar surface area (TPSA) is 271 Å². The van der Waals surface area contributed by atoms with E-state index < -0.39 is 59.7 Å². The average molecular weight is 737 g/mol. The molecule has 0 spiro atoms. The lowest BCUT2D eigenvalue weighted by molar-refractivity contribution is -0.139. The molecule has 0 aliphatic rings. The summed E-state index contributed by atoms with van der Waals surface area (Å²) in [6.07, 6.45) is 23.9. The van der Waals surface area contributed by atoms with E-state index in [0.29, 0.717) is 6.54 Å². The number of aliphatic hydroxyl groups is 1. The first-order valence-corrected chi connectivity index (χ1v) is 18.1. The van der Waals surface area contributed by atoms with Crippen LogP contribution in [0.25, 0.3) is 0 Å². The van der Waals surface area contributed by atoms with Crippen LogP contribution in [0.1, 0.15) is 76.8 Å². The molecule has 0 saturated heterocycles. The van der Waals surface area contributed by atoms with Gasteiger partial charge in [-0.05, 0) is 45.1 Å². The average Bonchev–Trinajstić information content (AvgIpc) is 3.60. The van der Waals surface area contributed by atoms with Crippen LogP contribution in [0.5, 0.6) is 0 Å². The molecule has 1 heterocycles. The van der Waals surface area contributed by atoms with Crippen molar-refractivity contribution in [3.63, 3.8) is 0 Å². The highest BCUT2D eigenvalue weighted by Crippen LogP contribution is 2.22. The fourth-order valence-electron chi connectivity index (χ4n) is 4.12. The number of hydrogen-bond donors (Lipinski definition) is 9. The van der Waals surface area contributed by atoms with Crippen LogP contribution < -0.4 is 22.1 Å². The Morgan fingerprint density at radius 3 is 2.33 bits per heavy atom. The van der Waals surface area contributed by atoms with Gasteiger partial charge in [-0.1, -0.05) is 68.4 Å². The molecule has 4 atom stereocenters. The van der Waals surface area contributed by atoms with Crippen LogP contribution in [-0.2, 0) is 30.4 Å². The van der Waals surface area contributed by atoms with E-state index in [1.54, 1.807) is 30.8 Å². The first-order valence-electron chi connectivity index (χ1n) is 17.0. The Labute approximate surface area is 304 Å². The zero-order valence-electron chi connectivity index (χ0n) is 29.3. The van der Waals surface area contributed by atoms with Crippen LogP contribution >= 0.6 is 11.8 Å². The predicted octanol–water partition coefficient (Wildman–Crippen LogP) is 2.69. The van der Waals surface area contributed by atoms with Crippen molar-refractivity contribution in [1.29, 1.82) is 0 Å². The van der Waals surface area contributed by atoms with Gasteiger partial charge < -0.3 is 47.5 Å². The number of nitrogens with one attached hydrogen (secondary N) is 3. The smallest absolute Gasteiger partial charge is 0.322 e. The summed E-state index contributed by atoms with van der Waals surface area (Å²) in [7, 11) is 0. The molecule has 0 saturated carbocycles. The van der Waals surface area contributed by atoms with Crippen molar-refractivity contribution in [2.24, 2.45) is 11.5 Å². The largest absolute Gasteiger partial charge is 0.481 e. The zero-order chi connectivity index (χ0) is 38.3. The molecule has 0 aliphatic carbocycles. The van der Waals surface area contributed by atoms with Gasteiger partial charge in [0.2, 0.25) is 11.8 Å². The Morgan fingerprint density at radius 2 is 1.71 bits per heavy atom. The molecule has 15 nitrogen and oxygen atoms in total. The monoisotopic (exact) mass is 736 g/mol. The minimum Gasteiger partial charge on any atom is -0.481 e. The highest BCUT2D eigenvalue weighted by molar-refractivity contribution is 8.00.